The minimum atomic E-state index is -2.71. The lowest BCUT2D eigenvalue weighted by Crippen LogP contribution is -2.38. The number of nitrogens with one attached hydrogen (secondary N) is 1. The third-order valence-electron chi connectivity index (χ3n) is 6.04. The molecule has 17 heteroatoms. The maximum Gasteiger partial charge on any atom is 0.245 e. The van der Waals surface area contributed by atoms with E-state index in [2.05, 4.69) is 44.7 Å². The van der Waals surface area contributed by atoms with Crippen LogP contribution in [0.5, 0.6) is 17.6 Å². The highest BCUT2D eigenvalue weighted by molar-refractivity contribution is 7.80. The second kappa shape index (κ2) is 12.4. The Hall–Kier alpha value is -4.15. The van der Waals surface area contributed by atoms with E-state index in [1.54, 1.807) is 30.6 Å². The zero-order valence-corrected chi connectivity index (χ0v) is 23.0. The molecule has 4 aromatic rings. The Labute approximate surface area is 236 Å². The van der Waals surface area contributed by atoms with E-state index < -0.39 is 11.3 Å². The zero-order valence-electron chi connectivity index (χ0n) is 21.4. The molecule has 0 saturated carbocycles. The lowest BCUT2D eigenvalue weighted by atomic mass is 9.99. The van der Waals surface area contributed by atoms with E-state index in [1.807, 2.05) is 0 Å². The van der Waals surface area contributed by atoms with Gasteiger partial charge in [-0.15, -0.1) is 10.2 Å². The maximum absolute atomic E-state index is 11.6. The molecule has 15 nitrogen and oxygen atoms in total. The average Bonchev–Trinajstić information content (AvgIpc) is 3.38. The molecular formula is C23H24ClN10O5S-. The second-order valence-corrected chi connectivity index (χ2v) is 9.70. The summed E-state index contributed by atoms with van der Waals surface area (Å²) in [5.41, 5.74) is 0.538. The first-order chi connectivity index (χ1) is 19.5. The van der Waals surface area contributed by atoms with Gasteiger partial charge in [-0.25, -0.2) is 19.5 Å². The predicted octanol–water partition coefficient (Wildman–Crippen LogP) is 2.08. The molecule has 1 fully saturated rings. The van der Waals surface area contributed by atoms with Gasteiger partial charge < -0.3 is 23.7 Å². The van der Waals surface area contributed by atoms with E-state index in [0.29, 0.717) is 35.7 Å². The Bertz CT molecular complexity index is 1490. The molecule has 1 aliphatic heterocycles. The number of rotatable bonds is 10. The van der Waals surface area contributed by atoms with Gasteiger partial charge in [-0.05, 0) is 18.9 Å². The first kappa shape index (κ1) is 27.4. The van der Waals surface area contributed by atoms with E-state index in [9.17, 15) is 8.76 Å². The summed E-state index contributed by atoms with van der Waals surface area (Å²) in [6.07, 6.45) is 6.25. The molecule has 5 rings (SSSR count). The number of anilines is 2. The number of piperidine rings is 1. The highest BCUT2D eigenvalue weighted by Gasteiger charge is 2.27. The molecule has 40 heavy (non-hydrogen) atoms. The third kappa shape index (κ3) is 6.03. The quantitative estimate of drug-likeness (QED) is 0.267. The molecule has 1 saturated heterocycles. The summed E-state index contributed by atoms with van der Waals surface area (Å²) in [6.45, 7) is 1.76. The number of methoxy groups -OCH3 is 2. The third-order valence-corrected chi connectivity index (χ3v) is 6.58. The molecule has 0 aromatic carbocycles. The molecule has 210 valence electrons. The Kier molecular flexibility index (Phi) is 8.47. The van der Waals surface area contributed by atoms with Crippen molar-refractivity contribution < 1.29 is 23.0 Å². The van der Waals surface area contributed by atoms with Gasteiger partial charge >= 0.3 is 0 Å². The zero-order chi connectivity index (χ0) is 28.1. The van der Waals surface area contributed by atoms with Crippen LogP contribution in [-0.2, 0) is 11.3 Å². The number of halogens is 1. The van der Waals surface area contributed by atoms with Crippen LogP contribution < -0.4 is 23.8 Å². The number of nitrogens with zero attached hydrogens (tertiary/aromatic N) is 9. The summed E-state index contributed by atoms with van der Waals surface area (Å²) in [6, 6.07) is 5.06. The highest BCUT2D eigenvalue weighted by Crippen LogP contribution is 2.35. The Morgan fingerprint density at radius 3 is 2.67 bits per heavy atom. The van der Waals surface area contributed by atoms with Crippen molar-refractivity contribution in [1.82, 2.24) is 39.7 Å². The van der Waals surface area contributed by atoms with Crippen molar-refractivity contribution in [2.75, 3.05) is 43.5 Å². The van der Waals surface area contributed by atoms with Gasteiger partial charge in [0, 0.05) is 36.3 Å². The van der Waals surface area contributed by atoms with E-state index in [0.717, 1.165) is 19.4 Å². The van der Waals surface area contributed by atoms with Crippen molar-refractivity contribution in [2.24, 2.45) is 5.92 Å². The lowest BCUT2D eigenvalue weighted by Gasteiger charge is -2.32. The van der Waals surface area contributed by atoms with Crippen LogP contribution >= 0.6 is 11.6 Å². The fourth-order valence-corrected chi connectivity index (χ4v) is 4.68. The van der Waals surface area contributed by atoms with Crippen LogP contribution in [0, 0.1) is 5.92 Å². The van der Waals surface area contributed by atoms with Gasteiger partial charge in [-0.1, -0.05) is 17.7 Å². The summed E-state index contributed by atoms with van der Waals surface area (Å²) >= 11 is 3.22. The minimum Gasteiger partial charge on any atom is -0.755 e. The predicted molar refractivity (Wildman–Crippen MR) is 143 cm³/mol. The number of pyridine rings is 1. The summed E-state index contributed by atoms with van der Waals surface area (Å²) < 4.78 is 43.8. The fraction of sp³-hybridized carbons (Fsp3) is 0.348. The largest absolute Gasteiger partial charge is 0.755 e. The summed E-state index contributed by atoms with van der Waals surface area (Å²) in [5, 5.41) is 8.65. The van der Waals surface area contributed by atoms with E-state index in [1.165, 1.54) is 25.1 Å². The molecule has 1 aliphatic rings. The van der Waals surface area contributed by atoms with Gasteiger partial charge in [0.2, 0.25) is 29.5 Å². The van der Waals surface area contributed by atoms with Gasteiger partial charge in [0.15, 0.2) is 11.5 Å². The Morgan fingerprint density at radius 1 is 1.12 bits per heavy atom. The second-order valence-electron chi connectivity index (χ2n) is 8.59. The SMILES string of the molecule is COc1cccc(-c2nnc(NS(=O)[O-])n2-c2c(OC)ncnc2OCC2CCCN(c3ncc(Cl)cn3)C2)n1. The number of ether oxygens (including phenoxy) is 3. The smallest absolute Gasteiger partial charge is 0.245 e. The van der Waals surface area contributed by atoms with E-state index in [4.69, 9.17) is 25.8 Å². The molecule has 2 unspecified atom stereocenters. The molecule has 0 radical (unpaired) electrons. The molecule has 0 amide bonds. The van der Waals surface area contributed by atoms with Crippen molar-refractivity contribution in [3.05, 3.63) is 41.9 Å². The van der Waals surface area contributed by atoms with Crippen molar-refractivity contribution in [3.8, 4) is 34.8 Å². The van der Waals surface area contributed by atoms with Crippen LogP contribution in [0.25, 0.3) is 17.2 Å². The van der Waals surface area contributed by atoms with Gasteiger partial charge in [0.25, 0.3) is 0 Å². The van der Waals surface area contributed by atoms with Crippen LogP contribution in [0.4, 0.5) is 11.9 Å². The molecule has 0 spiro atoms. The highest BCUT2D eigenvalue weighted by atomic mass is 35.5. The number of hydrogen-bond acceptors (Lipinski definition) is 13. The van der Waals surface area contributed by atoms with Crippen LogP contribution in [0.1, 0.15) is 12.8 Å². The van der Waals surface area contributed by atoms with Crippen molar-refractivity contribution in [2.45, 2.75) is 12.8 Å². The average molecular weight is 588 g/mol. The van der Waals surface area contributed by atoms with Crippen LogP contribution in [0.2, 0.25) is 5.02 Å². The van der Waals surface area contributed by atoms with Crippen molar-refractivity contribution >= 4 is 34.8 Å². The fourth-order valence-electron chi connectivity index (χ4n) is 4.30. The summed E-state index contributed by atoms with van der Waals surface area (Å²) in [5.74, 6) is 1.31. The number of hydrogen-bond donors (Lipinski definition) is 1. The van der Waals surface area contributed by atoms with Gasteiger partial charge in [0.05, 0.1) is 38.2 Å². The first-order valence-corrected chi connectivity index (χ1v) is 13.5. The standard InChI is InChI=1S/C23H25ClN10O5S/c1-37-17-7-3-6-16(29-17)19-30-31-23(32-40(35)36)34(19)18-20(38-2)27-13-28-21(18)39-12-14-5-4-8-33(11-14)22-25-9-15(24)10-26-22/h3,6-7,9-10,13-14H,4-5,8,11-12H2,1-2H3,(H,31,32)(H,35,36)/p-1. The van der Waals surface area contributed by atoms with E-state index in [-0.39, 0.29) is 35.1 Å². The Balaban J connectivity index is 1.48. The minimum absolute atomic E-state index is 0.105. The van der Waals surface area contributed by atoms with Crippen LogP contribution in [0.15, 0.2) is 36.9 Å². The van der Waals surface area contributed by atoms with Gasteiger partial charge in [-0.2, -0.15) is 9.97 Å². The topological polar surface area (TPSA) is 178 Å². The molecule has 2 atom stereocenters. The van der Waals surface area contributed by atoms with Gasteiger partial charge in [-0.3, -0.25) is 8.93 Å². The molecular weight excluding hydrogens is 564 g/mol. The Morgan fingerprint density at radius 2 is 1.93 bits per heavy atom. The van der Waals surface area contributed by atoms with Gasteiger partial charge in [0.1, 0.15) is 12.0 Å². The van der Waals surface area contributed by atoms with Crippen LogP contribution in [-0.4, -0.2) is 82.4 Å². The van der Waals surface area contributed by atoms with E-state index >= 15 is 0 Å². The molecule has 1 N–H and O–H groups in total. The van der Waals surface area contributed by atoms with Crippen molar-refractivity contribution in [3.63, 3.8) is 0 Å². The molecule has 5 heterocycles. The van der Waals surface area contributed by atoms with Crippen molar-refractivity contribution in [1.29, 1.82) is 0 Å². The maximum atomic E-state index is 11.6. The normalized spacial score (nSPS) is 15.9. The van der Waals surface area contributed by atoms with Crippen LogP contribution in [0.3, 0.4) is 0 Å². The molecule has 4 aromatic heterocycles. The lowest BCUT2D eigenvalue weighted by molar-refractivity contribution is 0.219. The molecule has 0 aliphatic carbocycles. The first-order valence-electron chi connectivity index (χ1n) is 12.0. The summed E-state index contributed by atoms with van der Waals surface area (Å²) in [7, 11) is 2.91. The molecule has 0 bridgehead atoms. The monoisotopic (exact) mass is 587 g/mol. The summed E-state index contributed by atoms with van der Waals surface area (Å²) in [4.78, 5) is 23.7. The number of aromatic nitrogens is 8.